The zero-order valence-electron chi connectivity index (χ0n) is 15.2. The summed E-state index contributed by atoms with van der Waals surface area (Å²) in [5.74, 6) is 0.908. The molecule has 0 spiro atoms. The summed E-state index contributed by atoms with van der Waals surface area (Å²) in [7, 11) is 0. The first-order valence-corrected chi connectivity index (χ1v) is 9.50. The molecule has 0 amide bonds. The minimum absolute atomic E-state index is 0.0455. The first-order valence-electron chi connectivity index (χ1n) is 9.50. The highest BCUT2D eigenvalue weighted by atomic mass is 19.4. The van der Waals surface area contributed by atoms with Crippen molar-refractivity contribution < 1.29 is 23.4 Å². The molecule has 2 rings (SSSR count). The Morgan fingerprint density at radius 1 is 1.21 bits per heavy atom. The van der Waals surface area contributed by atoms with Crippen LogP contribution in [-0.4, -0.2) is 28.1 Å². The van der Waals surface area contributed by atoms with Crippen molar-refractivity contribution in [2.24, 2.45) is 23.2 Å². The van der Waals surface area contributed by atoms with Gasteiger partial charge in [0.1, 0.15) is 0 Å². The maximum atomic E-state index is 13.2. The van der Waals surface area contributed by atoms with Crippen molar-refractivity contribution in [2.45, 2.75) is 96.4 Å². The zero-order chi connectivity index (χ0) is 18.2. The fraction of sp³-hybridized carbons (Fsp3) is 1.00. The van der Waals surface area contributed by atoms with Gasteiger partial charge in [0, 0.05) is 0 Å². The lowest BCUT2D eigenvalue weighted by Gasteiger charge is -2.57. The van der Waals surface area contributed by atoms with Crippen LogP contribution in [0.1, 0.15) is 78.6 Å². The molecular weight excluding hydrogens is 317 g/mol. The monoisotopic (exact) mass is 350 g/mol. The predicted octanol–water partition coefficient (Wildman–Crippen LogP) is 5.07. The van der Waals surface area contributed by atoms with Gasteiger partial charge in [0.25, 0.3) is 0 Å². The second kappa shape index (κ2) is 7.14. The van der Waals surface area contributed by atoms with E-state index in [0.717, 1.165) is 38.5 Å². The number of alkyl halides is 3. The first-order chi connectivity index (χ1) is 11.0. The molecule has 2 aliphatic carbocycles. The summed E-state index contributed by atoms with van der Waals surface area (Å²) in [5.41, 5.74) is -2.59. The maximum Gasteiger partial charge on any atom is 0.417 e. The molecule has 0 bridgehead atoms. The lowest BCUT2D eigenvalue weighted by molar-refractivity contribution is -0.288. The summed E-state index contributed by atoms with van der Waals surface area (Å²) < 4.78 is 39.7. The van der Waals surface area contributed by atoms with E-state index in [1.807, 2.05) is 0 Å². The molecular formula is C19H33F3O2. The Morgan fingerprint density at radius 2 is 1.88 bits per heavy atom. The number of hydrogen-bond acceptors (Lipinski definition) is 2. The summed E-state index contributed by atoms with van der Waals surface area (Å²) in [6.07, 6.45) is 0.887. The van der Waals surface area contributed by atoms with Gasteiger partial charge in [-0.25, -0.2) is 0 Å². The Bertz CT molecular complexity index is 423. The minimum Gasteiger partial charge on any atom is -0.393 e. The van der Waals surface area contributed by atoms with Crippen molar-refractivity contribution in [3.05, 3.63) is 0 Å². The Labute approximate surface area is 143 Å². The molecule has 0 aromatic heterocycles. The van der Waals surface area contributed by atoms with Gasteiger partial charge < -0.3 is 10.2 Å². The van der Waals surface area contributed by atoms with Crippen molar-refractivity contribution in [1.82, 2.24) is 0 Å². The predicted molar refractivity (Wildman–Crippen MR) is 88.5 cm³/mol. The highest BCUT2D eigenvalue weighted by Crippen LogP contribution is 2.60. The van der Waals surface area contributed by atoms with Gasteiger partial charge >= 0.3 is 6.18 Å². The van der Waals surface area contributed by atoms with Gasteiger partial charge in [-0.15, -0.1) is 0 Å². The lowest BCUT2D eigenvalue weighted by Crippen LogP contribution is -2.56. The molecule has 0 aromatic carbocycles. The molecule has 2 fully saturated rings. The van der Waals surface area contributed by atoms with Gasteiger partial charge in [-0.05, 0) is 68.6 Å². The number of rotatable bonds is 5. The van der Waals surface area contributed by atoms with E-state index in [1.54, 1.807) is 6.92 Å². The highest BCUT2D eigenvalue weighted by molar-refractivity contribution is 5.05. The Morgan fingerprint density at radius 3 is 2.42 bits per heavy atom. The minimum atomic E-state index is -4.52. The smallest absolute Gasteiger partial charge is 0.393 e. The van der Waals surface area contributed by atoms with Gasteiger partial charge in [0.05, 0.1) is 6.10 Å². The van der Waals surface area contributed by atoms with Crippen LogP contribution in [0.5, 0.6) is 0 Å². The molecule has 24 heavy (non-hydrogen) atoms. The maximum absolute atomic E-state index is 13.2. The third-order valence-electron chi connectivity index (χ3n) is 7.06. The molecule has 5 heteroatoms. The summed E-state index contributed by atoms with van der Waals surface area (Å²) in [6, 6.07) is 0. The second-order valence-electron chi connectivity index (χ2n) is 8.57. The number of aliphatic hydroxyl groups is 2. The fourth-order valence-corrected chi connectivity index (χ4v) is 5.58. The molecule has 2 aliphatic rings. The van der Waals surface area contributed by atoms with Gasteiger partial charge in [0.2, 0.25) is 0 Å². The largest absolute Gasteiger partial charge is 0.417 e. The van der Waals surface area contributed by atoms with Gasteiger partial charge in [-0.3, -0.25) is 0 Å². The van der Waals surface area contributed by atoms with Crippen LogP contribution in [-0.2, 0) is 0 Å². The van der Waals surface area contributed by atoms with E-state index in [1.165, 1.54) is 0 Å². The van der Waals surface area contributed by atoms with Crippen LogP contribution in [0.3, 0.4) is 0 Å². The third kappa shape index (κ3) is 3.77. The van der Waals surface area contributed by atoms with E-state index in [9.17, 15) is 23.4 Å². The fourth-order valence-electron chi connectivity index (χ4n) is 5.58. The van der Waals surface area contributed by atoms with Crippen LogP contribution < -0.4 is 0 Å². The van der Waals surface area contributed by atoms with Crippen LogP contribution in [0.4, 0.5) is 13.2 Å². The molecule has 2 saturated carbocycles. The summed E-state index contributed by atoms with van der Waals surface area (Å²) >= 11 is 0. The van der Waals surface area contributed by atoms with Crippen molar-refractivity contribution in [3.63, 3.8) is 0 Å². The molecule has 0 saturated heterocycles. The molecule has 2 N–H and O–H groups in total. The van der Waals surface area contributed by atoms with E-state index < -0.39 is 11.8 Å². The van der Waals surface area contributed by atoms with E-state index in [2.05, 4.69) is 13.8 Å². The number of halogens is 3. The molecule has 0 aromatic rings. The second-order valence-corrected chi connectivity index (χ2v) is 8.57. The summed E-state index contributed by atoms with van der Waals surface area (Å²) in [6.45, 7) is 6.10. The van der Waals surface area contributed by atoms with Crippen molar-refractivity contribution in [3.8, 4) is 0 Å². The lowest BCUT2D eigenvalue weighted by atomic mass is 9.49. The number of hydrogen-bond donors (Lipinski definition) is 2. The normalized spacial score (nSPS) is 41.8. The molecule has 0 heterocycles. The van der Waals surface area contributed by atoms with Gasteiger partial charge in [0.15, 0.2) is 5.60 Å². The van der Waals surface area contributed by atoms with Crippen LogP contribution in [0, 0.1) is 23.2 Å². The summed E-state index contributed by atoms with van der Waals surface area (Å²) in [4.78, 5) is 0. The molecule has 0 radical (unpaired) electrons. The van der Waals surface area contributed by atoms with Crippen LogP contribution >= 0.6 is 0 Å². The van der Waals surface area contributed by atoms with Crippen molar-refractivity contribution in [1.29, 1.82) is 0 Å². The van der Waals surface area contributed by atoms with Gasteiger partial charge in [-0.2, -0.15) is 13.2 Å². The van der Waals surface area contributed by atoms with Crippen LogP contribution in [0.15, 0.2) is 0 Å². The van der Waals surface area contributed by atoms with E-state index in [0.29, 0.717) is 18.3 Å². The summed E-state index contributed by atoms with van der Waals surface area (Å²) in [5, 5.41) is 19.6. The topological polar surface area (TPSA) is 40.5 Å². The first kappa shape index (κ1) is 20.0. The van der Waals surface area contributed by atoms with E-state index in [4.69, 9.17) is 0 Å². The molecule has 6 atom stereocenters. The van der Waals surface area contributed by atoms with Crippen molar-refractivity contribution >= 4 is 0 Å². The Balaban J connectivity index is 2.09. The molecule has 1 unspecified atom stereocenters. The SMILES string of the molecule is CC[C@H]1[C@H](CCCC(C)O)CC[C@H]2C[C@](O)(C(F)(F)F)CC[C@@]21C. The Kier molecular flexibility index (Phi) is 5.96. The number of fused-ring (bicyclic) bond motifs is 1. The number of aliphatic hydroxyl groups excluding tert-OH is 1. The standard InChI is InChI=1S/C19H33F3O2/c1-4-16-14(7-5-6-13(2)23)8-9-15-12-18(24,19(20,21)22)11-10-17(15,16)3/h13-16,23-24H,4-12H2,1-3H3/t13?,14-,15+,16+,17+,18+/m1/s1. The van der Waals surface area contributed by atoms with Crippen LogP contribution in [0.2, 0.25) is 0 Å². The van der Waals surface area contributed by atoms with E-state index in [-0.39, 0.29) is 30.3 Å². The average Bonchev–Trinajstić information content (AvgIpc) is 2.46. The third-order valence-corrected chi connectivity index (χ3v) is 7.06. The van der Waals surface area contributed by atoms with Gasteiger partial charge in [-0.1, -0.05) is 33.1 Å². The molecule has 2 nitrogen and oxygen atoms in total. The quantitative estimate of drug-likeness (QED) is 0.726. The average molecular weight is 350 g/mol. The molecule has 0 aliphatic heterocycles. The van der Waals surface area contributed by atoms with E-state index >= 15 is 0 Å². The van der Waals surface area contributed by atoms with Crippen molar-refractivity contribution in [2.75, 3.05) is 0 Å². The van der Waals surface area contributed by atoms with Crippen LogP contribution in [0.25, 0.3) is 0 Å². The highest BCUT2D eigenvalue weighted by Gasteiger charge is 2.61. The zero-order valence-corrected chi connectivity index (χ0v) is 15.2. The Hall–Kier alpha value is -0.290. The molecule has 142 valence electrons.